The molecule has 4 N–H and O–H groups in total. The number of nitrogens with one attached hydrogen (secondary N) is 1. The summed E-state index contributed by atoms with van der Waals surface area (Å²) in [6.45, 7) is 0.505. The normalized spacial score (nSPS) is 25.5. The Morgan fingerprint density at radius 1 is 1.53 bits per heavy atom. The summed E-state index contributed by atoms with van der Waals surface area (Å²) in [5.74, 6) is -1.36. The van der Waals surface area contributed by atoms with Crippen LogP contribution in [0.4, 0.5) is 0 Å². The Morgan fingerprint density at radius 3 is 2.76 bits per heavy atom. The third kappa shape index (κ3) is 3.67. The van der Waals surface area contributed by atoms with Crippen LogP contribution in [0.1, 0.15) is 19.3 Å². The summed E-state index contributed by atoms with van der Waals surface area (Å²) in [6.07, 6.45) is 1.79. The van der Waals surface area contributed by atoms with Crippen LogP contribution in [0, 0.1) is 11.8 Å². The van der Waals surface area contributed by atoms with Crippen molar-refractivity contribution in [2.24, 2.45) is 17.6 Å². The van der Waals surface area contributed by atoms with E-state index in [0.717, 1.165) is 12.8 Å². The Labute approximate surface area is 101 Å². The molecule has 1 fully saturated rings. The van der Waals surface area contributed by atoms with E-state index >= 15 is 0 Å². The lowest BCUT2D eigenvalue weighted by Gasteiger charge is -2.18. The molecule has 1 rings (SSSR count). The van der Waals surface area contributed by atoms with Gasteiger partial charge >= 0.3 is 5.97 Å². The Bertz CT molecular complexity index is 279. The Kier molecular flexibility index (Phi) is 5.37. The highest BCUT2D eigenvalue weighted by atomic mass is 16.5. The average Bonchev–Trinajstić information content (AvgIpc) is 2.76. The van der Waals surface area contributed by atoms with Crippen molar-refractivity contribution in [2.75, 3.05) is 20.2 Å². The molecule has 3 unspecified atom stereocenters. The lowest BCUT2D eigenvalue weighted by atomic mass is 9.96. The van der Waals surface area contributed by atoms with Crippen LogP contribution in [-0.2, 0) is 14.3 Å². The fraction of sp³-hybridized carbons (Fsp3) is 0.818. The van der Waals surface area contributed by atoms with E-state index in [4.69, 9.17) is 15.6 Å². The lowest BCUT2D eigenvalue weighted by molar-refractivity contribution is -0.143. The molecule has 0 radical (unpaired) electrons. The van der Waals surface area contributed by atoms with Gasteiger partial charge in [0.15, 0.2) is 0 Å². The van der Waals surface area contributed by atoms with Crippen LogP contribution in [0.5, 0.6) is 0 Å². The third-order valence-corrected chi connectivity index (χ3v) is 3.31. The van der Waals surface area contributed by atoms with Gasteiger partial charge in [-0.2, -0.15) is 0 Å². The monoisotopic (exact) mass is 244 g/mol. The number of carboxylic acid groups (broad SMARTS) is 1. The van der Waals surface area contributed by atoms with Crippen molar-refractivity contribution in [3.63, 3.8) is 0 Å². The van der Waals surface area contributed by atoms with Gasteiger partial charge in [0.1, 0.15) is 6.10 Å². The minimum atomic E-state index is -0.774. The predicted octanol–water partition coefficient (Wildman–Crippen LogP) is -0.423. The molecule has 6 nitrogen and oxygen atoms in total. The maximum Gasteiger partial charge on any atom is 0.306 e. The standard InChI is InChI=1S/C11H20N2O4/c1-17-9(5-12)10(14)13-6-7-3-2-4-8(7)11(15)16/h7-9H,2-6,12H2,1H3,(H,13,14)(H,15,16). The number of ether oxygens (including phenoxy) is 1. The smallest absolute Gasteiger partial charge is 0.306 e. The third-order valence-electron chi connectivity index (χ3n) is 3.31. The molecule has 1 aliphatic carbocycles. The zero-order valence-corrected chi connectivity index (χ0v) is 10.0. The number of aliphatic carboxylic acids is 1. The number of carbonyl (C=O) groups excluding carboxylic acids is 1. The molecular weight excluding hydrogens is 224 g/mol. The highest BCUT2D eigenvalue weighted by Gasteiger charge is 2.33. The molecule has 0 aromatic heterocycles. The summed E-state index contributed by atoms with van der Waals surface area (Å²) in [6, 6.07) is 0. The van der Waals surface area contributed by atoms with Crippen molar-refractivity contribution in [1.82, 2.24) is 5.32 Å². The van der Waals surface area contributed by atoms with Gasteiger partial charge in [-0.05, 0) is 18.8 Å². The molecule has 3 atom stereocenters. The number of hydrogen-bond donors (Lipinski definition) is 3. The zero-order chi connectivity index (χ0) is 12.8. The summed E-state index contributed by atoms with van der Waals surface area (Å²) in [5, 5.41) is 11.7. The summed E-state index contributed by atoms with van der Waals surface area (Å²) in [7, 11) is 1.42. The SMILES string of the molecule is COC(CN)C(=O)NCC1CCCC1C(=O)O. The molecular formula is C11H20N2O4. The molecule has 0 heterocycles. The van der Waals surface area contributed by atoms with Crippen molar-refractivity contribution >= 4 is 11.9 Å². The van der Waals surface area contributed by atoms with Crippen LogP contribution in [0.25, 0.3) is 0 Å². The number of carbonyl (C=O) groups is 2. The van der Waals surface area contributed by atoms with Crippen molar-refractivity contribution in [2.45, 2.75) is 25.4 Å². The summed E-state index contributed by atoms with van der Waals surface area (Å²) >= 11 is 0. The van der Waals surface area contributed by atoms with Gasteiger partial charge < -0.3 is 20.9 Å². The molecule has 98 valence electrons. The first-order chi connectivity index (χ1) is 8.10. The van der Waals surface area contributed by atoms with Crippen molar-refractivity contribution < 1.29 is 19.4 Å². The minimum absolute atomic E-state index is 0.0201. The maximum atomic E-state index is 11.6. The van der Waals surface area contributed by atoms with Crippen molar-refractivity contribution in [3.8, 4) is 0 Å². The van der Waals surface area contributed by atoms with Gasteiger partial charge in [0.05, 0.1) is 5.92 Å². The second kappa shape index (κ2) is 6.56. The van der Waals surface area contributed by atoms with Gasteiger partial charge in [0.2, 0.25) is 5.91 Å². The molecule has 0 aromatic carbocycles. The van der Waals surface area contributed by atoms with E-state index in [-0.39, 0.29) is 24.3 Å². The van der Waals surface area contributed by atoms with Gasteiger partial charge in [-0.1, -0.05) is 6.42 Å². The van der Waals surface area contributed by atoms with Crippen LogP contribution < -0.4 is 11.1 Å². The van der Waals surface area contributed by atoms with Gasteiger partial charge in [0.25, 0.3) is 0 Å². The van der Waals surface area contributed by atoms with E-state index in [1.165, 1.54) is 7.11 Å². The molecule has 0 bridgehead atoms. The second-order valence-electron chi connectivity index (χ2n) is 4.34. The number of methoxy groups -OCH3 is 1. The van der Waals surface area contributed by atoms with Gasteiger partial charge in [-0.3, -0.25) is 9.59 Å². The Morgan fingerprint density at radius 2 is 2.24 bits per heavy atom. The molecule has 17 heavy (non-hydrogen) atoms. The van der Waals surface area contributed by atoms with E-state index in [9.17, 15) is 9.59 Å². The highest BCUT2D eigenvalue weighted by Crippen LogP contribution is 2.31. The number of amides is 1. The van der Waals surface area contributed by atoms with Gasteiger partial charge in [0, 0.05) is 20.2 Å². The van der Waals surface area contributed by atoms with E-state index in [0.29, 0.717) is 13.0 Å². The van der Waals surface area contributed by atoms with Crippen LogP contribution >= 0.6 is 0 Å². The van der Waals surface area contributed by atoms with E-state index < -0.39 is 12.1 Å². The van der Waals surface area contributed by atoms with Crippen molar-refractivity contribution in [1.29, 1.82) is 0 Å². The number of nitrogens with two attached hydrogens (primary N) is 1. The largest absolute Gasteiger partial charge is 0.481 e. The molecule has 1 saturated carbocycles. The molecule has 1 amide bonds. The average molecular weight is 244 g/mol. The molecule has 0 saturated heterocycles. The molecule has 0 aliphatic heterocycles. The molecule has 6 heteroatoms. The number of carboxylic acids is 1. The topological polar surface area (TPSA) is 102 Å². The first-order valence-corrected chi connectivity index (χ1v) is 5.83. The van der Waals surface area contributed by atoms with Crippen LogP contribution in [0.15, 0.2) is 0 Å². The van der Waals surface area contributed by atoms with E-state index in [1.807, 2.05) is 0 Å². The maximum absolute atomic E-state index is 11.6. The first-order valence-electron chi connectivity index (χ1n) is 5.83. The van der Waals surface area contributed by atoms with Gasteiger partial charge in [-0.25, -0.2) is 0 Å². The highest BCUT2D eigenvalue weighted by molar-refractivity contribution is 5.81. The van der Waals surface area contributed by atoms with E-state index in [2.05, 4.69) is 5.32 Å². The molecule has 1 aliphatic rings. The summed E-state index contributed by atoms with van der Waals surface area (Å²) < 4.78 is 4.90. The molecule has 0 spiro atoms. The summed E-state index contributed by atoms with van der Waals surface area (Å²) in [5.41, 5.74) is 5.36. The fourth-order valence-corrected chi connectivity index (χ4v) is 2.26. The van der Waals surface area contributed by atoms with Gasteiger partial charge in [-0.15, -0.1) is 0 Å². The minimum Gasteiger partial charge on any atom is -0.481 e. The summed E-state index contributed by atoms with van der Waals surface area (Å²) in [4.78, 5) is 22.5. The Balaban J connectivity index is 2.39. The fourth-order valence-electron chi connectivity index (χ4n) is 2.26. The van der Waals surface area contributed by atoms with Crippen LogP contribution in [0.3, 0.4) is 0 Å². The van der Waals surface area contributed by atoms with Crippen LogP contribution in [0.2, 0.25) is 0 Å². The second-order valence-corrected chi connectivity index (χ2v) is 4.34. The van der Waals surface area contributed by atoms with E-state index in [1.54, 1.807) is 0 Å². The lowest BCUT2D eigenvalue weighted by Crippen LogP contribution is -2.43. The molecule has 0 aromatic rings. The quantitative estimate of drug-likeness (QED) is 0.589. The predicted molar refractivity (Wildman–Crippen MR) is 61.3 cm³/mol. The Hall–Kier alpha value is -1.14. The van der Waals surface area contributed by atoms with Crippen molar-refractivity contribution in [3.05, 3.63) is 0 Å². The first kappa shape index (κ1) is 13.9. The van der Waals surface area contributed by atoms with Crippen LogP contribution in [-0.4, -0.2) is 43.3 Å². The zero-order valence-electron chi connectivity index (χ0n) is 10.0. The number of hydrogen-bond acceptors (Lipinski definition) is 4. The number of rotatable bonds is 6.